The largest absolute Gasteiger partial charge is 0.496 e. The SMILES string of the molecule is CCC(CC)Cn1nc(C(=O)N[C@@H](CC2CCCCC2)C(=O)NCC(=O)OC)cc1-c1c(OC)cccc1OC. The Kier molecular flexibility index (Phi) is 11.8. The van der Waals surface area contributed by atoms with Gasteiger partial charge in [-0.25, -0.2) is 0 Å². The van der Waals surface area contributed by atoms with Crippen molar-refractivity contribution in [2.45, 2.75) is 77.8 Å². The molecule has 1 aromatic heterocycles. The van der Waals surface area contributed by atoms with E-state index in [1.165, 1.54) is 13.5 Å². The van der Waals surface area contributed by atoms with Crippen LogP contribution in [0.5, 0.6) is 11.5 Å². The molecular weight excluding hydrogens is 512 g/mol. The molecule has 1 heterocycles. The first-order valence-electron chi connectivity index (χ1n) is 14.3. The Labute approximate surface area is 237 Å². The molecule has 0 radical (unpaired) electrons. The van der Waals surface area contributed by atoms with Crippen LogP contribution in [0.3, 0.4) is 0 Å². The number of esters is 1. The molecule has 1 aromatic carbocycles. The summed E-state index contributed by atoms with van der Waals surface area (Å²) in [5.74, 6) is 0.484. The predicted molar refractivity (Wildman–Crippen MR) is 152 cm³/mol. The van der Waals surface area contributed by atoms with Crippen molar-refractivity contribution in [1.29, 1.82) is 0 Å². The number of hydrogen-bond donors (Lipinski definition) is 2. The summed E-state index contributed by atoms with van der Waals surface area (Å²) in [6, 6.07) is 6.46. The highest BCUT2D eigenvalue weighted by atomic mass is 16.5. The lowest BCUT2D eigenvalue weighted by atomic mass is 9.84. The van der Waals surface area contributed by atoms with Crippen molar-refractivity contribution < 1.29 is 28.6 Å². The maximum absolute atomic E-state index is 13.6. The van der Waals surface area contributed by atoms with Gasteiger partial charge in [-0.1, -0.05) is 64.9 Å². The first-order chi connectivity index (χ1) is 19.3. The Morgan fingerprint density at radius 2 is 1.68 bits per heavy atom. The third-order valence-electron chi connectivity index (χ3n) is 7.83. The number of aromatic nitrogens is 2. The number of carbonyl (C=O) groups is 3. The molecule has 1 fully saturated rings. The summed E-state index contributed by atoms with van der Waals surface area (Å²) < 4.78 is 17.8. The summed E-state index contributed by atoms with van der Waals surface area (Å²) in [4.78, 5) is 38.3. The number of nitrogens with zero attached hydrogens (tertiary/aromatic N) is 2. The van der Waals surface area contributed by atoms with Gasteiger partial charge in [0.2, 0.25) is 5.91 Å². The summed E-state index contributed by atoms with van der Waals surface area (Å²) in [5, 5.41) is 10.2. The molecule has 1 saturated carbocycles. The smallest absolute Gasteiger partial charge is 0.325 e. The lowest BCUT2D eigenvalue weighted by Gasteiger charge is -2.26. The summed E-state index contributed by atoms with van der Waals surface area (Å²) in [7, 11) is 4.45. The van der Waals surface area contributed by atoms with Gasteiger partial charge in [0.25, 0.3) is 5.91 Å². The van der Waals surface area contributed by atoms with Crippen molar-refractivity contribution in [3.63, 3.8) is 0 Å². The van der Waals surface area contributed by atoms with E-state index in [4.69, 9.17) is 14.6 Å². The summed E-state index contributed by atoms with van der Waals surface area (Å²) >= 11 is 0. The number of methoxy groups -OCH3 is 3. The van der Waals surface area contributed by atoms with Gasteiger partial charge in [-0.05, 0) is 36.5 Å². The van der Waals surface area contributed by atoms with E-state index in [2.05, 4.69) is 29.2 Å². The molecule has 0 bridgehead atoms. The van der Waals surface area contributed by atoms with Gasteiger partial charge in [-0.2, -0.15) is 5.10 Å². The first kappa shape index (κ1) is 31.0. The van der Waals surface area contributed by atoms with Crippen LogP contribution in [-0.2, 0) is 20.9 Å². The van der Waals surface area contributed by atoms with E-state index in [1.54, 1.807) is 20.3 Å². The van der Waals surface area contributed by atoms with Gasteiger partial charge in [-0.15, -0.1) is 0 Å². The minimum atomic E-state index is -0.798. The molecule has 2 aromatic rings. The number of nitrogens with one attached hydrogen (secondary N) is 2. The van der Waals surface area contributed by atoms with Crippen LogP contribution in [0.25, 0.3) is 11.3 Å². The van der Waals surface area contributed by atoms with E-state index in [1.807, 2.05) is 22.9 Å². The number of rotatable bonds is 14. The zero-order valence-electron chi connectivity index (χ0n) is 24.5. The van der Waals surface area contributed by atoms with Crippen LogP contribution in [0.4, 0.5) is 0 Å². The van der Waals surface area contributed by atoms with Crippen LogP contribution in [0.2, 0.25) is 0 Å². The highest BCUT2D eigenvalue weighted by Crippen LogP contribution is 2.39. The Balaban J connectivity index is 1.94. The Morgan fingerprint density at radius 3 is 2.25 bits per heavy atom. The predicted octanol–water partition coefficient (Wildman–Crippen LogP) is 4.36. The zero-order valence-corrected chi connectivity index (χ0v) is 24.5. The quantitative estimate of drug-likeness (QED) is 0.332. The van der Waals surface area contributed by atoms with E-state index in [0.717, 1.165) is 38.5 Å². The van der Waals surface area contributed by atoms with Crippen LogP contribution in [0.1, 0.15) is 75.7 Å². The molecule has 0 spiro atoms. The monoisotopic (exact) mass is 556 g/mol. The van der Waals surface area contributed by atoms with Crippen molar-refractivity contribution in [3.8, 4) is 22.8 Å². The number of benzene rings is 1. The molecule has 1 aliphatic carbocycles. The molecule has 0 saturated heterocycles. The molecule has 0 unspecified atom stereocenters. The van der Waals surface area contributed by atoms with E-state index in [9.17, 15) is 14.4 Å². The molecule has 2 amide bonds. The lowest BCUT2D eigenvalue weighted by molar-refractivity contribution is -0.141. The maximum Gasteiger partial charge on any atom is 0.325 e. The average Bonchev–Trinajstić information content (AvgIpc) is 3.41. The number of carbonyl (C=O) groups excluding carboxylic acids is 3. The van der Waals surface area contributed by atoms with E-state index < -0.39 is 23.8 Å². The minimum Gasteiger partial charge on any atom is -0.496 e. The van der Waals surface area contributed by atoms with Gasteiger partial charge in [0.05, 0.1) is 32.6 Å². The van der Waals surface area contributed by atoms with E-state index in [0.29, 0.717) is 47.6 Å². The average molecular weight is 557 g/mol. The molecule has 10 heteroatoms. The number of hydrogen-bond acceptors (Lipinski definition) is 7. The fourth-order valence-corrected chi connectivity index (χ4v) is 5.34. The highest BCUT2D eigenvalue weighted by molar-refractivity contribution is 5.97. The second kappa shape index (κ2) is 15.3. The van der Waals surface area contributed by atoms with E-state index >= 15 is 0 Å². The van der Waals surface area contributed by atoms with Crippen molar-refractivity contribution in [2.24, 2.45) is 11.8 Å². The van der Waals surface area contributed by atoms with Crippen LogP contribution < -0.4 is 20.1 Å². The van der Waals surface area contributed by atoms with Crippen molar-refractivity contribution in [3.05, 3.63) is 30.0 Å². The molecule has 3 rings (SSSR count). The van der Waals surface area contributed by atoms with Crippen LogP contribution >= 0.6 is 0 Å². The lowest BCUT2D eigenvalue weighted by Crippen LogP contribution is -2.49. The summed E-state index contributed by atoms with van der Waals surface area (Å²) in [6.07, 6.45) is 7.86. The minimum absolute atomic E-state index is 0.198. The fraction of sp³-hybridized carbons (Fsp3) is 0.600. The van der Waals surface area contributed by atoms with Crippen LogP contribution in [0.15, 0.2) is 24.3 Å². The third kappa shape index (κ3) is 7.99. The first-order valence-corrected chi connectivity index (χ1v) is 14.3. The molecule has 1 aliphatic rings. The number of ether oxygens (including phenoxy) is 3. The molecule has 40 heavy (non-hydrogen) atoms. The van der Waals surface area contributed by atoms with Gasteiger partial charge in [0.15, 0.2) is 5.69 Å². The number of amides is 2. The summed E-state index contributed by atoms with van der Waals surface area (Å²) in [6.45, 7) is 4.63. The zero-order chi connectivity index (χ0) is 29.1. The normalized spacial score (nSPS) is 14.4. The van der Waals surface area contributed by atoms with Crippen LogP contribution in [-0.4, -0.2) is 61.5 Å². The van der Waals surface area contributed by atoms with Gasteiger partial charge in [-0.3, -0.25) is 19.1 Å². The van der Waals surface area contributed by atoms with Gasteiger partial charge in [0.1, 0.15) is 24.1 Å². The fourth-order valence-electron chi connectivity index (χ4n) is 5.34. The van der Waals surface area contributed by atoms with E-state index in [-0.39, 0.29) is 12.2 Å². The van der Waals surface area contributed by atoms with Crippen molar-refractivity contribution in [1.82, 2.24) is 20.4 Å². The second-order valence-electron chi connectivity index (χ2n) is 10.4. The molecule has 0 aliphatic heterocycles. The molecule has 1 atom stereocenters. The Hall–Kier alpha value is -3.56. The van der Waals surface area contributed by atoms with Gasteiger partial charge < -0.3 is 24.8 Å². The maximum atomic E-state index is 13.6. The topological polar surface area (TPSA) is 121 Å². The summed E-state index contributed by atoms with van der Waals surface area (Å²) in [5.41, 5.74) is 1.60. The van der Waals surface area contributed by atoms with Crippen molar-refractivity contribution >= 4 is 17.8 Å². The van der Waals surface area contributed by atoms with Crippen LogP contribution in [0, 0.1) is 11.8 Å². The Bertz CT molecular complexity index is 1110. The van der Waals surface area contributed by atoms with Crippen molar-refractivity contribution in [2.75, 3.05) is 27.9 Å². The molecular formula is C30H44N4O6. The second-order valence-corrected chi connectivity index (χ2v) is 10.4. The van der Waals surface area contributed by atoms with Gasteiger partial charge >= 0.3 is 5.97 Å². The molecule has 220 valence electrons. The third-order valence-corrected chi connectivity index (χ3v) is 7.83. The van der Waals surface area contributed by atoms with Gasteiger partial charge in [0, 0.05) is 6.54 Å². The molecule has 2 N–H and O–H groups in total. The molecule has 10 nitrogen and oxygen atoms in total. The Morgan fingerprint density at radius 1 is 1.02 bits per heavy atom. The standard InChI is InChI=1S/C30H44N4O6/c1-6-20(7-2)19-34-24(28-25(38-3)14-11-15-26(28)39-4)17-23(33-34)30(37)32-22(16-21-12-9-8-10-13-21)29(36)31-18-27(35)40-5/h11,14-15,17,20-22H,6-10,12-13,16,18-19H2,1-5H3,(H,31,36)(H,32,37)/t22-/m0/s1. The highest BCUT2D eigenvalue weighted by Gasteiger charge is 2.29.